The van der Waals surface area contributed by atoms with E-state index in [1.807, 2.05) is 59.3 Å². The van der Waals surface area contributed by atoms with Crippen LogP contribution in [0.1, 0.15) is 5.56 Å². The summed E-state index contributed by atoms with van der Waals surface area (Å²) in [6, 6.07) is 18.1. The summed E-state index contributed by atoms with van der Waals surface area (Å²) in [6.07, 6.45) is 3.62. The van der Waals surface area contributed by atoms with Gasteiger partial charge in [-0.25, -0.2) is 4.68 Å². The average Bonchev–Trinajstić information content (AvgIpc) is 2.97. The molecule has 0 spiro atoms. The first-order valence-electron chi connectivity index (χ1n) is 6.08. The van der Waals surface area contributed by atoms with Crippen LogP contribution >= 0.6 is 0 Å². The van der Waals surface area contributed by atoms with Gasteiger partial charge in [0.15, 0.2) is 0 Å². The predicted molar refractivity (Wildman–Crippen MR) is 76.9 cm³/mol. The van der Waals surface area contributed by atoms with E-state index in [2.05, 4.69) is 23.0 Å². The van der Waals surface area contributed by atoms with E-state index in [4.69, 9.17) is 0 Å². The average molecular weight is 247 g/mol. The molecule has 0 atom stereocenters. The fourth-order valence-corrected chi connectivity index (χ4v) is 2.09. The maximum absolute atomic E-state index is 4.17. The first-order valence-corrected chi connectivity index (χ1v) is 6.08. The van der Waals surface area contributed by atoms with Gasteiger partial charge in [-0.3, -0.25) is 0 Å². The minimum absolute atomic E-state index is 0.960. The van der Waals surface area contributed by atoms with Crippen molar-refractivity contribution in [2.75, 3.05) is 0 Å². The number of aromatic nitrogens is 3. The highest BCUT2D eigenvalue weighted by Gasteiger charge is 2.10. The Morgan fingerprint density at radius 3 is 2.47 bits per heavy atom. The molecule has 2 aromatic carbocycles. The summed E-state index contributed by atoms with van der Waals surface area (Å²) in [4.78, 5) is 0. The molecule has 0 aliphatic heterocycles. The van der Waals surface area contributed by atoms with Gasteiger partial charge in [0.25, 0.3) is 0 Å². The second-order valence-electron chi connectivity index (χ2n) is 4.16. The molecule has 3 heteroatoms. The molecule has 0 saturated carbocycles. The van der Waals surface area contributed by atoms with Crippen LogP contribution in [0.4, 0.5) is 0 Å². The lowest BCUT2D eigenvalue weighted by atomic mass is 10.0. The topological polar surface area (TPSA) is 30.7 Å². The highest BCUT2D eigenvalue weighted by molar-refractivity contribution is 5.73. The monoisotopic (exact) mass is 247 g/mol. The van der Waals surface area contributed by atoms with Gasteiger partial charge in [0.05, 0.1) is 17.6 Å². The molecule has 0 bridgehead atoms. The van der Waals surface area contributed by atoms with E-state index in [0.717, 1.165) is 22.5 Å². The van der Waals surface area contributed by atoms with E-state index in [9.17, 15) is 0 Å². The summed E-state index contributed by atoms with van der Waals surface area (Å²) in [5.41, 5.74) is 4.10. The molecule has 1 heterocycles. The van der Waals surface area contributed by atoms with Gasteiger partial charge in [-0.05, 0) is 17.7 Å². The van der Waals surface area contributed by atoms with Crippen LogP contribution < -0.4 is 0 Å². The van der Waals surface area contributed by atoms with Crippen LogP contribution in [0.3, 0.4) is 0 Å². The molecule has 1 aromatic heterocycles. The molecule has 3 rings (SSSR count). The zero-order valence-corrected chi connectivity index (χ0v) is 10.4. The minimum Gasteiger partial charge on any atom is -0.213 e. The number of benzene rings is 2. The first-order chi connectivity index (χ1) is 9.40. The lowest BCUT2D eigenvalue weighted by Gasteiger charge is -2.08. The molecule has 0 N–H and O–H groups in total. The summed E-state index contributed by atoms with van der Waals surface area (Å²) in [6.45, 7) is 3.85. The van der Waals surface area contributed by atoms with Gasteiger partial charge >= 0.3 is 0 Å². The maximum atomic E-state index is 4.17. The second kappa shape index (κ2) is 4.90. The third-order valence-corrected chi connectivity index (χ3v) is 3.01. The SMILES string of the molecule is C=Cc1ccccc1-c1cnnn1-c1ccccc1. The smallest absolute Gasteiger partial charge is 0.0950 e. The van der Waals surface area contributed by atoms with Gasteiger partial charge in [0, 0.05) is 5.56 Å². The molecular weight excluding hydrogens is 234 g/mol. The summed E-state index contributed by atoms with van der Waals surface area (Å²) in [7, 11) is 0. The highest BCUT2D eigenvalue weighted by atomic mass is 15.4. The standard InChI is InChI=1S/C16H13N3/c1-2-13-8-6-7-11-15(13)16-12-17-18-19(16)14-9-4-3-5-10-14/h2-12H,1H2. The maximum Gasteiger partial charge on any atom is 0.0950 e. The Kier molecular flexibility index (Phi) is 2.94. The van der Waals surface area contributed by atoms with Crippen molar-refractivity contribution in [3.63, 3.8) is 0 Å². The molecule has 0 aliphatic rings. The van der Waals surface area contributed by atoms with Gasteiger partial charge < -0.3 is 0 Å². The third kappa shape index (κ3) is 2.06. The molecule has 0 fully saturated rings. The van der Waals surface area contributed by atoms with E-state index >= 15 is 0 Å². The Hall–Kier alpha value is -2.68. The molecule has 0 radical (unpaired) electrons. The minimum atomic E-state index is 0.960. The zero-order chi connectivity index (χ0) is 13.1. The van der Waals surface area contributed by atoms with Crippen molar-refractivity contribution in [3.05, 3.63) is 72.9 Å². The predicted octanol–water partition coefficient (Wildman–Crippen LogP) is 3.58. The third-order valence-electron chi connectivity index (χ3n) is 3.01. The van der Waals surface area contributed by atoms with E-state index in [1.54, 1.807) is 6.20 Å². The van der Waals surface area contributed by atoms with Crippen molar-refractivity contribution in [2.45, 2.75) is 0 Å². The Bertz CT molecular complexity index is 699. The van der Waals surface area contributed by atoms with Crippen LogP contribution in [0.15, 0.2) is 67.4 Å². The molecule has 0 amide bonds. The van der Waals surface area contributed by atoms with Crippen LogP contribution in [-0.2, 0) is 0 Å². The molecule has 92 valence electrons. The van der Waals surface area contributed by atoms with E-state index in [1.165, 1.54) is 0 Å². The van der Waals surface area contributed by atoms with E-state index in [0.29, 0.717) is 0 Å². The summed E-state index contributed by atoms with van der Waals surface area (Å²) >= 11 is 0. The second-order valence-corrected chi connectivity index (χ2v) is 4.16. The quantitative estimate of drug-likeness (QED) is 0.708. The van der Waals surface area contributed by atoms with Crippen molar-refractivity contribution in [1.82, 2.24) is 15.0 Å². The van der Waals surface area contributed by atoms with Crippen LogP contribution in [-0.4, -0.2) is 15.0 Å². The number of rotatable bonds is 3. The normalized spacial score (nSPS) is 10.3. The fraction of sp³-hybridized carbons (Fsp3) is 0. The van der Waals surface area contributed by atoms with Crippen molar-refractivity contribution >= 4 is 6.08 Å². The summed E-state index contributed by atoms with van der Waals surface area (Å²) in [5, 5.41) is 8.20. The zero-order valence-electron chi connectivity index (χ0n) is 10.4. The summed E-state index contributed by atoms with van der Waals surface area (Å²) in [5.74, 6) is 0. The molecular formula is C16H13N3. The number of nitrogens with zero attached hydrogens (tertiary/aromatic N) is 3. The molecule has 19 heavy (non-hydrogen) atoms. The molecule has 0 aliphatic carbocycles. The van der Waals surface area contributed by atoms with E-state index < -0.39 is 0 Å². The van der Waals surface area contributed by atoms with Crippen molar-refractivity contribution in [3.8, 4) is 16.9 Å². The van der Waals surface area contributed by atoms with Crippen LogP contribution in [0, 0.1) is 0 Å². The molecule has 0 unspecified atom stereocenters. The molecule has 3 aromatic rings. The Morgan fingerprint density at radius 1 is 0.947 bits per heavy atom. The van der Waals surface area contributed by atoms with Gasteiger partial charge in [0.2, 0.25) is 0 Å². The number of hydrogen-bond acceptors (Lipinski definition) is 2. The van der Waals surface area contributed by atoms with Gasteiger partial charge in [-0.2, -0.15) is 0 Å². The van der Waals surface area contributed by atoms with E-state index in [-0.39, 0.29) is 0 Å². The van der Waals surface area contributed by atoms with Gasteiger partial charge in [-0.1, -0.05) is 60.3 Å². The summed E-state index contributed by atoms with van der Waals surface area (Å²) < 4.78 is 1.84. The van der Waals surface area contributed by atoms with Gasteiger partial charge in [-0.15, -0.1) is 5.10 Å². The number of para-hydroxylation sites is 1. The van der Waals surface area contributed by atoms with Crippen LogP contribution in [0.25, 0.3) is 23.0 Å². The fourth-order valence-electron chi connectivity index (χ4n) is 2.09. The lowest BCUT2D eigenvalue weighted by molar-refractivity contribution is 0.808. The first kappa shape index (κ1) is 11.4. The molecule has 0 saturated heterocycles. The van der Waals surface area contributed by atoms with Crippen molar-refractivity contribution in [1.29, 1.82) is 0 Å². The lowest BCUT2D eigenvalue weighted by Crippen LogP contribution is -1.99. The highest BCUT2D eigenvalue weighted by Crippen LogP contribution is 2.25. The Morgan fingerprint density at radius 2 is 1.68 bits per heavy atom. The van der Waals surface area contributed by atoms with Gasteiger partial charge in [0.1, 0.15) is 0 Å². The Labute approximate surface area is 111 Å². The largest absolute Gasteiger partial charge is 0.213 e. The molecule has 3 nitrogen and oxygen atoms in total. The van der Waals surface area contributed by atoms with Crippen molar-refractivity contribution < 1.29 is 0 Å². The number of hydrogen-bond donors (Lipinski definition) is 0. The van der Waals surface area contributed by atoms with Crippen LogP contribution in [0.5, 0.6) is 0 Å². The Balaban J connectivity index is 2.18. The van der Waals surface area contributed by atoms with Crippen molar-refractivity contribution in [2.24, 2.45) is 0 Å². The van der Waals surface area contributed by atoms with Crippen LogP contribution in [0.2, 0.25) is 0 Å².